The van der Waals surface area contributed by atoms with Crippen LogP contribution < -0.4 is 5.32 Å². The molecule has 8 nitrogen and oxygen atoms in total. The van der Waals surface area contributed by atoms with E-state index in [1.807, 2.05) is 26.8 Å². The number of aliphatic hydroxyl groups excluding tert-OH is 1. The highest BCUT2D eigenvalue weighted by Crippen LogP contribution is 2.32. The molecule has 1 saturated heterocycles. The number of amides is 2. The number of likely N-dealkylation sites (tertiary alicyclic amines) is 1. The SMILES string of the molecule is Cc1cc(C(C(=O)N2C[C@H](O)C[C@H]2C(=O)N[C@@H](C)c2ccc(-c3scnc3C)cc2F)C(C)C)on1. The number of aromatic nitrogens is 2. The number of aliphatic hydroxyl groups is 1. The fraction of sp³-hybridized carbons (Fsp3) is 0.462. The minimum absolute atomic E-state index is 0.0406. The Bertz CT molecular complexity index is 1260. The quantitative estimate of drug-likeness (QED) is 0.491. The summed E-state index contributed by atoms with van der Waals surface area (Å²) in [4.78, 5) is 33.3. The van der Waals surface area contributed by atoms with Crippen LogP contribution in [0.5, 0.6) is 0 Å². The van der Waals surface area contributed by atoms with Crippen molar-refractivity contribution < 1.29 is 23.6 Å². The van der Waals surface area contributed by atoms with E-state index in [-0.39, 0.29) is 24.8 Å². The molecule has 10 heteroatoms. The average molecular weight is 515 g/mol. The zero-order valence-electron chi connectivity index (χ0n) is 21.0. The summed E-state index contributed by atoms with van der Waals surface area (Å²) in [7, 11) is 0. The number of carbonyl (C=O) groups excluding carboxylic acids is 2. The maximum absolute atomic E-state index is 15.0. The number of thiazole rings is 1. The summed E-state index contributed by atoms with van der Waals surface area (Å²) < 4.78 is 20.4. The molecule has 4 atom stereocenters. The molecule has 0 saturated carbocycles. The molecule has 192 valence electrons. The van der Waals surface area contributed by atoms with Gasteiger partial charge in [-0.15, -0.1) is 11.3 Å². The molecule has 0 aliphatic carbocycles. The molecular weight excluding hydrogens is 483 g/mol. The second-order valence-corrected chi connectivity index (χ2v) is 10.6. The van der Waals surface area contributed by atoms with Gasteiger partial charge in [0, 0.05) is 24.6 Å². The molecule has 1 aliphatic heterocycles. The van der Waals surface area contributed by atoms with Crippen molar-refractivity contribution in [2.75, 3.05) is 6.54 Å². The molecular formula is C26H31FN4O4S. The smallest absolute Gasteiger partial charge is 0.243 e. The van der Waals surface area contributed by atoms with E-state index in [1.165, 1.54) is 22.3 Å². The molecule has 2 aromatic heterocycles. The van der Waals surface area contributed by atoms with Gasteiger partial charge >= 0.3 is 0 Å². The van der Waals surface area contributed by atoms with Crippen molar-refractivity contribution in [2.45, 2.75) is 65.1 Å². The van der Waals surface area contributed by atoms with Gasteiger partial charge in [-0.2, -0.15) is 0 Å². The van der Waals surface area contributed by atoms with E-state index in [0.29, 0.717) is 17.0 Å². The highest BCUT2D eigenvalue weighted by molar-refractivity contribution is 7.13. The Morgan fingerprint density at radius 1 is 1.25 bits per heavy atom. The van der Waals surface area contributed by atoms with Gasteiger partial charge < -0.3 is 19.8 Å². The van der Waals surface area contributed by atoms with Crippen LogP contribution in [0.2, 0.25) is 0 Å². The fourth-order valence-corrected chi connectivity index (χ4v) is 5.54. The van der Waals surface area contributed by atoms with Crippen molar-refractivity contribution in [1.82, 2.24) is 20.4 Å². The molecule has 2 N–H and O–H groups in total. The van der Waals surface area contributed by atoms with Crippen molar-refractivity contribution >= 4 is 23.2 Å². The number of β-amino-alcohol motifs (C(OH)–C–C–N with tert-alkyl or cyclic N) is 1. The van der Waals surface area contributed by atoms with Crippen LogP contribution in [0.25, 0.3) is 10.4 Å². The average Bonchev–Trinajstić information content (AvgIpc) is 3.53. The minimum Gasteiger partial charge on any atom is -0.391 e. The standard InChI is InChI=1S/C26H31FN4O4S/c1-13(2)23(22-8-14(3)30-35-22)26(34)31-11-18(32)10-21(31)25(33)29-15(4)19-7-6-17(9-20(19)27)24-16(5)28-12-36-24/h6-9,12-13,15,18,21,23,32H,10-11H2,1-5H3,(H,29,33)/t15-,18+,21-,23?/m0/s1. The van der Waals surface area contributed by atoms with Crippen molar-refractivity contribution in [1.29, 1.82) is 0 Å². The molecule has 1 unspecified atom stereocenters. The van der Waals surface area contributed by atoms with Crippen LogP contribution in [0, 0.1) is 25.6 Å². The summed E-state index contributed by atoms with van der Waals surface area (Å²) >= 11 is 1.44. The highest BCUT2D eigenvalue weighted by Gasteiger charge is 2.43. The lowest BCUT2D eigenvalue weighted by Crippen LogP contribution is -2.48. The number of benzene rings is 1. The van der Waals surface area contributed by atoms with Gasteiger partial charge in [-0.05, 0) is 38.3 Å². The Morgan fingerprint density at radius 2 is 2.00 bits per heavy atom. The Hall–Kier alpha value is -3.11. The van der Waals surface area contributed by atoms with Gasteiger partial charge in [-0.1, -0.05) is 31.1 Å². The zero-order chi connectivity index (χ0) is 26.1. The third-order valence-corrected chi connectivity index (χ3v) is 7.56. The van der Waals surface area contributed by atoms with Gasteiger partial charge in [0.2, 0.25) is 11.8 Å². The first-order valence-electron chi connectivity index (χ1n) is 12.0. The normalized spacial score (nSPS) is 19.5. The third kappa shape index (κ3) is 5.19. The van der Waals surface area contributed by atoms with Crippen LogP contribution in [-0.2, 0) is 9.59 Å². The van der Waals surface area contributed by atoms with E-state index < -0.39 is 35.8 Å². The van der Waals surface area contributed by atoms with Crippen LogP contribution in [0.3, 0.4) is 0 Å². The maximum Gasteiger partial charge on any atom is 0.243 e. The molecule has 2 amide bonds. The van der Waals surface area contributed by atoms with Crippen LogP contribution in [0.15, 0.2) is 34.3 Å². The molecule has 36 heavy (non-hydrogen) atoms. The Kier molecular flexibility index (Phi) is 7.56. The molecule has 0 bridgehead atoms. The lowest BCUT2D eigenvalue weighted by Gasteiger charge is -2.29. The van der Waals surface area contributed by atoms with Gasteiger partial charge in [0.25, 0.3) is 0 Å². The van der Waals surface area contributed by atoms with Gasteiger partial charge in [0.15, 0.2) is 0 Å². The van der Waals surface area contributed by atoms with E-state index in [2.05, 4.69) is 15.5 Å². The van der Waals surface area contributed by atoms with Crippen LogP contribution >= 0.6 is 11.3 Å². The van der Waals surface area contributed by atoms with Crippen molar-refractivity contribution in [3.05, 3.63) is 58.3 Å². The fourth-order valence-electron chi connectivity index (χ4n) is 4.74. The summed E-state index contributed by atoms with van der Waals surface area (Å²) in [5.41, 5.74) is 4.27. The number of rotatable bonds is 7. The largest absolute Gasteiger partial charge is 0.391 e. The van der Waals surface area contributed by atoms with Crippen LogP contribution in [0.4, 0.5) is 4.39 Å². The first-order valence-corrected chi connectivity index (χ1v) is 12.9. The Balaban J connectivity index is 1.51. The minimum atomic E-state index is -0.873. The number of halogens is 1. The first-order chi connectivity index (χ1) is 17.1. The lowest BCUT2D eigenvalue weighted by molar-refractivity contribution is -0.141. The topological polar surface area (TPSA) is 109 Å². The van der Waals surface area contributed by atoms with Crippen LogP contribution in [-0.4, -0.2) is 50.7 Å². The van der Waals surface area contributed by atoms with Gasteiger partial charge in [0.1, 0.15) is 23.5 Å². The summed E-state index contributed by atoms with van der Waals surface area (Å²) in [5.74, 6) is -1.50. The van der Waals surface area contributed by atoms with Crippen LogP contribution in [0.1, 0.15) is 61.9 Å². The number of nitrogens with one attached hydrogen (secondary N) is 1. The molecule has 3 aromatic rings. The van der Waals surface area contributed by atoms with Crippen molar-refractivity contribution in [2.24, 2.45) is 5.92 Å². The summed E-state index contributed by atoms with van der Waals surface area (Å²) in [5, 5.41) is 17.1. The van der Waals surface area contributed by atoms with Gasteiger partial charge in [-0.3, -0.25) is 9.59 Å². The lowest BCUT2D eigenvalue weighted by atomic mass is 9.91. The van der Waals surface area contributed by atoms with Crippen molar-refractivity contribution in [3.63, 3.8) is 0 Å². The van der Waals surface area contributed by atoms with Gasteiger partial charge in [-0.25, -0.2) is 9.37 Å². The molecule has 1 fully saturated rings. The molecule has 1 aromatic carbocycles. The molecule has 0 radical (unpaired) electrons. The molecule has 1 aliphatic rings. The Morgan fingerprint density at radius 3 is 2.58 bits per heavy atom. The molecule has 4 rings (SSSR count). The predicted octanol–water partition coefficient (Wildman–Crippen LogP) is 4.13. The second-order valence-electron chi connectivity index (χ2n) is 9.72. The van der Waals surface area contributed by atoms with E-state index in [1.54, 1.807) is 31.5 Å². The van der Waals surface area contributed by atoms with E-state index >= 15 is 4.39 Å². The summed E-state index contributed by atoms with van der Waals surface area (Å²) in [6.07, 6.45) is -0.723. The number of hydrogen-bond donors (Lipinski definition) is 2. The Labute approximate surface area is 213 Å². The molecule has 0 spiro atoms. The molecule has 3 heterocycles. The zero-order valence-corrected chi connectivity index (χ0v) is 21.8. The highest BCUT2D eigenvalue weighted by atomic mass is 32.1. The van der Waals surface area contributed by atoms with Crippen molar-refractivity contribution in [3.8, 4) is 10.4 Å². The second kappa shape index (κ2) is 10.5. The number of hydrogen-bond acceptors (Lipinski definition) is 7. The number of carbonyl (C=O) groups is 2. The van der Waals surface area contributed by atoms with E-state index in [0.717, 1.165) is 16.1 Å². The number of nitrogens with zero attached hydrogens (tertiary/aromatic N) is 3. The summed E-state index contributed by atoms with van der Waals surface area (Å²) in [6, 6.07) is 5.11. The third-order valence-electron chi connectivity index (χ3n) is 6.58. The summed E-state index contributed by atoms with van der Waals surface area (Å²) in [6.45, 7) is 9.17. The first kappa shape index (κ1) is 26.0. The number of aryl methyl sites for hydroxylation is 2. The maximum atomic E-state index is 15.0. The van der Waals surface area contributed by atoms with Gasteiger partial charge in [0.05, 0.1) is 33.9 Å². The van der Waals surface area contributed by atoms with E-state index in [9.17, 15) is 14.7 Å². The van der Waals surface area contributed by atoms with E-state index in [4.69, 9.17) is 4.52 Å². The monoisotopic (exact) mass is 514 g/mol. The predicted molar refractivity (Wildman–Crippen MR) is 134 cm³/mol.